The van der Waals surface area contributed by atoms with Crippen molar-refractivity contribution in [2.75, 3.05) is 39.3 Å². The van der Waals surface area contributed by atoms with Crippen LogP contribution in [0.15, 0.2) is 0 Å². The first-order valence-electron chi connectivity index (χ1n) is 8.00. The van der Waals surface area contributed by atoms with E-state index in [0.717, 1.165) is 13.1 Å². The van der Waals surface area contributed by atoms with Crippen LogP contribution >= 0.6 is 0 Å². The normalized spacial score (nSPS) is 17.5. The number of rotatable bonds is 5. The number of carbonyl (C=O) groups excluding carboxylic acids is 2. The summed E-state index contributed by atoms with van der Waals surface area (Å²) in [6.07, 6.45) is 0.341. The summed E-state index contributed by atoms with van der Waals surface area (Å²) in [6.45, 7) is 13.1. The van der Waals surface area contributed by atoms with E-state index in [4.69, 9.17) is 0 Å². The number of piperazine rings is 1. The highest BCUT2D eigenvalue weighted by Crippen LogP contribution is 2.12. The van der Waals surface area contributed by atoms with Gasteiger partial charge in [-0.05, 0) is 13.8 Å². The molecule has 0 radical (unpaired) electrons. The van der Waals surface area contributed by atoms with Crippen LogP contribution in [0.1, 0.15) is 41.0 Å². The van der Waals surface area contributed by atoms with Gasteiger partial charge < -0.3 is 15.3 Å². The van der Waals surface area contributed by atoms with E-state index in [9.17, 15) is 14.7 Å². The number of amides is 2. The summed E-state index contributed by atoms with van der Waals surface area (Å²) >= 11 is 0. The molecule has 128 valence electrons. The molecule has 2 N–H and O–H groups in total. The standard InChI is InChI=1S/C16H31N3O3/c1-15(2,3)14(21)17-7-6-13(20)19-10-8-18(9-11-19)12-16(4,5)22/h22H,6-12H2,1-5H3,(H,17,21). The maximum atomic E-state index is 12.1. The van der Waals surface area contributed by atoms with Crippen LogP contribution in [0.4, 0.5) is 0 Å². The molecular weight excluding hydrogens is 282 g/mol. The molecule has 0 spiro atoms. The maximum Gasteiger partial charge on any atom is 0.225 e. The Balaban J connectivity index is 2.27. The Bertz CT molecular complexity index is 388. The van der Waals surface area contributed by atoms with Crippen molar-refractivity contribution in [1.82, 2.24) is 15.1 Å². The summed E-state index contributed by atoms with van der Waals surface area (Å²) in [7, 11) is 0. The van der Waals surface area contributed by atoms with Crippen molar-refractivity contribution in [3.05, 3.63) is 0 Å². The molecule has 0 aliphatic carbocycles. The Morgan fingerprint density at radius 2 is 1.59 bits per heavy atom. The quantitative estimate of drug-likeness (QED) is 0.773. The zero-order chi connectivity index (χ0) is 17.0. The zero-order valence-electron chi connectivity index (χ0n) is 14.6. The van der Waals surface area contributed by atoms with Crippen LogP contribution in [0.25, 0.3) is 0 Å². The number of β-amino-alcohol motifs (C(OH)–C–C–N with tert-alkyl or cyclic N) is 1. The molecule has 1 rings (SSSR count). The summed E-state index contributed by atoms with van der Waals surface area (Å²) in [5.41, 5.74) is -1.13. The fourth-order valence-corrected chi connectivity index (χ4v) is 2.41. The summed E-state index contributed by atoms with van der Waals surface area (Å²) in [5, 5.41) is 12.6. The highest BCUT2D eigenvalue weighted by Gasteiger charge is 2.25. The molecule has 1 saturated heterocycles. The average Bonchev–Trinajstić information content (AvgIpc) is 2.36. The van der Waals surface area contributed by atoms with Gasteiger partial charge in [0.1, 0.15) is 0 Å². The monoisotopic (exact) mass is 313 g/mol. The summed E-state index contributed by atoms with van der Waals surface area (Å²) < 4.78 is 0. The molecule has 1 heterocycles. The predicted molar refractivity (Wildman–Crippen MR) is 86.4 cm³/mol. The smallest absolute Gasteiger partial charge is 0.225 e. The lowest BCUT2D eigenvalue weighted by molar-refractivity contribution is -0.133. The van der Waals surface area contributed by atoms with Crippen LogP contribution in [-0.2, 0) is 9.59 Å². The van der Waals surface area contributed by atoms with E-state index in [1.165, 1.54) is 0 Å². The predicted octanol–water partition coefficient (Wildman–Crippen LogP) is 0.454. The lowest BCUT2D eigenvalue weighted by Gasteiger charge is -2.37. The van der Waals surface area contributed by atoms with Crippen molar-refractivity contribution in [1.29, 1.82) is 0 Å². The molecule has 0 aromatic rings. The molecule has 1 aliphatic heterocycles. The summed E-state index contributed by atoms with van der Waals surface area (Å²) in [5.74, 6) is 0.0485. The van der Waals surface area contributed by atoms with E-state index in [1.807, 2.05) is 25.7 Å². The maximum absolute atomic E-state index is 12.1. The molecule has 0 aromatic carbocycles. The number of nitrogens with one attached hydrogen (secondary N) is 1. The number of hydrogen-bond acceptors (Lipinski definition) is 4. The lowest BCUT2D eigenvalue weighted by Crippen LogP contribution is -2.52. The van der Waals surface area contributed by atoms with Gasteiger partial charge in [-0.25, -0.2) is 0 Å². The number of carbonyl (C=O) groups is 2. The van der Waals surface area contributed by atoms with E-state index >= 15 is 0 Å². The van der Waals surface area contributed by atoms with Gasteiger partial charge in [-0.3, -0.25) is 14.5 Å². The third-order valence-corrected chi connectivity index (χ3v) is 3.64. The Morgan fingerprint density at radius 3 is 2.05 bits per heavy atom. The SMILES string of the molecule is CC(C)(O)CN1CCN(C(=O)CCNC(=O)C(C)(C)C)CC1. The van der Waals surface area contributed by atoms with Crippen LogP contribution in [0, 0.1) is 5.41 Å². The van der Waals surface area contributed by atoms with Gasteiger partial charge in [0.05, 0.1) is 5.60 Å². The van der Waals surface area contributed by atoms with Crippen molar-refractivity contribution in [2.45, 2.75) is 46.6 Å². The van der Waals surface area contributed by atoms with E-state index in [2.05, 4.69) is 10.2 Å². The molecule has 1 fully saturated rings. The first kappa shape index (κ1) is 18.9. The van der Waals surface area contributed by atoms with Crippen LogP contribution in [0.3, 0.4) is 0 Å². The molecule has 1 aliphatic rings. The van der Waals surface area contributed by atoms with E-state index in [1.54, 1.807) is 13.8 Å². The topological polar surface area (TPSA) is 72.9 Å². The Labute approximate surface area is 133 Å². The molecule has 0 bridgehead atoms. The Hall–Kier alpha value is -1.14. The van der Waals surface area contributed by atoms with Gasteiger partial charge in [0.2, 0.25) is 11.8 Å². The first-order chi connectivity index (χ1) is 9.99. The van der Waals surface area contributed by atoms with Gasteiger partial charge in [-0.1, -0.05) is 20.8 Å². The molecular formula is C16H31N3O3. The van der Waals surface area contributed by atoms with Crippen molar-refractivity contribution < 1.29 is 14.7 Å². The molecule has 22 heavy (non-hydrogen) atoms. The third kappa shape index (κ3) is 6.75. The second kappa shape index (κ2) is 7.42. The Morgan fingerprint density at radius 1 is 1.05 bits per heavy atom. The largest absolute Gasteiger partial charge is 0.389 e. The average molecular weight is 313 g/mol. The second-order valence-electron chi connectivity index (χ2n) is 7.73. The highest BCUT2D eigenvalue weighted by atomic mass is 16.3. The van der Waals surface area contributed by atoms with E-state index in [-0.39, 0.29) is 11.8 Å². The van der Waals surface area contributed by atoms with Gasteiger partial charge in [0.25, 0.3) is 0 Å². The second-order valence-corrected chi connectivity index (χ2v) is 7.73. The van der Waals surface area contributed by atoms with E-state index < -0.39 is 11.0 Å². The number of aliphatic hydroxyl groups is 1. The molecule has 0 saturated carbocycles. The molecule has 2 amide bonds. The van der Waals surface area contributed by atoms with Gasteiger partial charge in [-0.2, -0.15) is 0 Å². The zero-order valence-corrected chi connectivity index (χ0v) is 14.6. The minimum absolute atomic E-state index is 0.0321. The van der Waals surface area contributed by atoms with Crippen molar-refractivity contribution in [2.24, 2.45) is 5.41 Å². The fourth-order valence-electron chi connectivity index (χ4n) is 2.41. The van der Waals surface area contributed by atoms with E-state index in [0.29, 0.717) is 32.6 Å². The van der Waals surface area contributed by atoms with Gasteiger partial charge in [-0.15, -0.1) is 0 Å². The minimum atomic E-state index is -0.705. The van der Waals surface area contributed by atoms with Crippen LogP contribution < -0.4 is 5.32 Å². The minimum Gasteiger partial charge on any atom is -0.389 e. The first-order valence-corrected chi connectivity index (χ1v) is 8.00. The van der Waals surface area contributed by atoms with Gasteiger partial charge in [0, 0.05) is 51.1 Å². The molecule has 0 aromatic heterocycles. The van der Waals surface area contributed by atoms with Crippen molar-refractivity contribution in [3.63, 3.8) is 0 Å². The van der Waals surface area contributed by atoms with Crippen molar-refractivity contribution in [3.8, 4) is 0 Å². The summed E-state index contributed by atoms with van der Waals surface area (Å²) in [4.78, 5) is 27.9. The summed E-state index contributed by atoms with van der Waals surface area (Å²) in [6, 6.07) is 0. The van der Waals surface area contributed by atoms with Crippen molar-refractivity contribution >= 4 is 11.8 Å². The fraction of sp³-hybridized carbons (Fsp3) is 0.875. The molecule has 0 atom stereocenters. The van der Waals surface area contributed by atoms with Crippen LogP contribution in [0.2, 0.25) is 0 Å². The molecule has 6 heteroatoms. The van der Waals surface area contributed by atoms with Crippen LogP contribution in [-0.4, -0.2) is 71.6 Å². The molecule has 6 nitrogen and oxygen atoms in total. The number of hydrogen-bond donors (Lipinski definition) is 2. The Kier molecular flexibility index (Phi) is 6.38. The highest BCUT2D eigenvalue weighted by molar-refractivity contribution is 5.82. The third-order valence-electron chi connectivity index (χ3n) is 3.64. The molecule has 0 unspecified atom stereocenters. The van der Waals surface area contributed by atoms with Gasteiger partial charge >= 0.3 is 0 Å². The van der Waals surface area contributed by atoms with Gasteiger partial charge in [0.15, 0.2) is 0 Å². The van der Waals surface area contributed by atoms with Crippen LogP contribution in [0.5, 0.6) is 0 Å². The lowest BCUT2D eigenvalue weighted by atomic mass is 9.96. The number of nitrogens with zero attached hydrogens (tertiary/aromatic N) is 2.